The van der Waals surface area contributed by atoms with E-state index in [9.17, 15) is 13.2 Å². The van der Waals surface area contributed by atoms with Crippen LogP contribution in [-0.2, 0) is 14.6 Å². The zero-order valence-electron chi connectivity index (χ0n) is 11.6. The minimum absolute atomic E-state index is 0. The number of sulfone groups is 1. The molecule has 1 heterocycles. The maximum absolute atomic E-state index is 12.2. The van der Waals surface area contributed by atoms with Crippen LogP contribution in [0.2, 0.25) is 0 Å². The summed E-state index contributed by atoms with van der Waals surface area (Å²) in [6.07, 6.45) is 0. The lowest BCUT2D eigenvalue weighted by molar-refractivity contribution is -0.129. The van der Waals surface area contributed by atoms with E-state index in [2.05, 4.69) is 21.2 Å². The third-order valence-corrected chi connectivity index (χ3v) is 5.28. The molecule has 1 aliphatic rings. The smallest absolute Gasteiger partial charge is 0.238 e. The molecule has 5 nitrogen and oxygen atoms in total. The van der Waals surface area contributed by atoms with Gasteiger partial charge in [0.25, 0.3) is 0 Å². The first kappa shape index (κ1) is 18.4. The molecule has 2 rings (SSSR count). The van der Waals surface area contributed by atoms with Crippen LogP contribution in [0, 0.1) is 0 Å². The molecule has 0 spiro atoms. The topological polar surface area (TPSA) is 66.5 Å². The van der Waals surface area contributed by atoms with Gasteiger partial charge in [-0.05, 0) is 25.1 Å². The molecule has 0 saturated carbocycles. The van der Waals surface area contributed by atoms with E-state index in [0.717, 1.165) is 0 Å². The minimum Gasteiger partial charge on any atom is -0.339 e. The van der Waals surface area contributed by atoms with Crippen molar-refractivity contribution in [3.63, 3.8) is 0 Å². The van der Waals surface area contributed by atoms with Gasteiger partial charge in [-0.15, -0.1) is 12.4 Å². The first-order chi connectivity index (χ1) is 9.38. The largest absolute Gasteiger partial charge is 0.339 e. The Labute approximate surface area is 139 Å². The van der Waals surface area contributed by atoms with Gasteiger partial charge >= 0.3 is 0 Å². The highest BCUT2D eigenvalue weighted by molar-refractivity contribution is 9.10. The molecule has 118 valence electrons. The van der Waals surface area contributed by atoms with Crippen molar-refractivity contribution in [3.8, 4) is 0 Å². The molecule has 1 saturated heterocycles. The molecule has 1 amide bonds. The number of piperazine rings is 1. The van der Waals surface area contributed by atoms with E-state index in [-0.39, 0.29) is 29.3 Å². The van der Waals surface area contributed by atoms with Crippen molar-refractivity contribution in [1.29, 1.82) is 0 Å². The number of nitrogens with zero attached hydrogens (tertiary/aromatic N) is 1. The first-order valence-electron chi connectivity index (χ1n) is 6.38. The molecule has 0 aromatic heterocycles. The third-order valence-electron chi connectivity index (χ3n) is 3.19. The van der Waals surface area contributed by atoms with Gasteiger partial charge in [0.05, 0.1) is 4.90 Å². The Kier molecular flexibility index (Phi) is 6.65. The van der Waals surface area contributed by atoms with E-state index in [1.54, 1.807) is 17.0 Å². The second-order valence-corrected chi connectivity index (χ2v) is 7.82. The predicted octanol–water partition coefficient (Wildman–Crippen LogP) is 1.46. The van der Waals surface area contributed by atoms with Crippen molar-refractivity contribution < 1.29 is 13.2 Å². The Morgan fingerprint density at radius 3 is 2.81 bits per heavy atom. The molecule has 0 radical (unpaired) electrons. The van der Waals surface area contributed by atoms with Crippen molar-refractivity contribution in [1.82, 2.24) is 10.2 Å². The van der Waals surface area contributed by atoms with Gasteiger partial charge in [0.15, 0.2) is 9.84 Å². The third kappa shape index (κ3) is 4.95. The van der Waals surface area contributed by atoms with Gasteiger partial charge < -0.3 is 10.2 Å². The second kappa shape index (κ2) is 7.58. The molecular weight excluding hydrogens is 380 g/mol. The van der Waals surface area contributed by atoms with Gasteiger partial charge in [0.1, 0.15) is 5.75 Å². The fourth-order valence-corrected chi connectivity index (χ4v) is 3.97. The van der Waals surface area contributed by atoms with E-state index in [4.69, 9.17) is 0 Å². The highest BCUT2D eigenvalue weighted by atomic mass is 79.9. The molecule has 0 bridgehead atoms. The Balaban J connectivity index is 0.00000220. The van der Waals surface area contributed by atoms with Crippen LogP contribution in [0.1, 0.15) is 6.92 Å². The number of rotatable bonds is 3. The van der Waals surface area contributed by atoms with E-state index in [1.807, 2.05) is 6.92 Å². The zero-order valence-corrected chi connectivity index (χ0v) is 14.8. The van der Waals surface area contributed by atoms with E-state index in [0.29, 0.717) is 24.1 Å². The summed E-state index contributed by atoms with van der Waals surface area (Å²) in [6.45, 7) is 3.77. The summed E-state index contributed by atoms with van der Waals surface area (Å²) in [5.74, 6) is -0.811. The monoisotopic (exact) mass is 396 g/mol. The molecular formula is C13H18BrClN2O3S. The Hall–Kier alpha value is -0.630. The Bertz CT molecular complexity index is 609. The maximum atomic E-state index is 12.2. The van der Waals surface area contributed by atoms with Gasteiger partial charge in [0.2, 0.25) is 5.91 Å². The summed E-state index contributed by atoms with van der Waals surface area (Å²) >= 11 is 3.24. The number of carbonyl (C=O) groups excluding carboxylic acids is 1. The summed E-state index contributed by atoms with van der Waals surface area (Å²) in [5, 5.41) is 3.22. The van der Waals surface area contributed by atoms with Crippen molar-refractivity contribution in [2.45, 2.75) is 17.9 Å². The van der Waals surface area contributed by atoms with Crippen LogP contribution >= 0.6 is 28.3 Å². The predicted molar refractivity (Wildman–Crippen MR) is 87.5 cm³/mol. The van der Waals surface area contributed by atoms with Crippen molar-refractivity contribution >= 4 is 44.1 Å². The molecule has 1 aromatic carbocycles. The molecule has 1 atom stereocenters. The minimum atomic E-state index is -3.59. The van der Waals surface area contributed by atoms with Gasteiger partial charge in [-0.1, -0.05) is 22.0 Å². The number of carbonyl (C=O) groups is 1. The van der Waals surface area contributed by atoms with Crippen LogP contribution in [0.15, 0.2) is 33.6 Å². The van der Waals surface area contributed by atoms with Crippen LogP contribution in [0.3, 0.4) is 0 Å². The SMILES string of the molecule is CC1CN(C(=O)CS(=O)(=O)c2cccc(Br)c2)CCN1.Cl. The lowest BCUT2D eigenvalue weighted by Crippen LogP contribution is -2.52. The number of nitrogens with one attached hydrogen (secondary N) is 1. The van der Waals surface area contributed by atoms with Crippen LogP contribution in [-0.4, -0.2) is 50.7 Å². The summed E-state index contributed by atoms with van der Waals surface area (Å²) in [6, 6.07) is 6.62. The van der Waals surface area contributed by atoms with Gasteiger partial charge in [-0.25, -0.2) is 8.42 Å². The molecule has 1 aromatic rings. The second-order valence-electron chi connectivity index (χ2n) is 4.91. The number of benzene rings is 1. The first-order valence-corrected chi connectivity index (χ1v) is 8.82. The summed E-state index contributed by atoms with van der Waals surface area (Å²) < 4.78 is 25.2. The van der Waals surface area contributed by atoms with Gasteiger partial charge in [-0.2, -0.15) is 0 Å². The summed E-state index contributed by atoms with van der Waals surface area (Å²) in [7, 11) is -3.59. The van der Waals surface area contributed by atoms with Crippen molar-refractivity contribution in [3.05, 3.63) is 28.7 Å². The fourth-order valence-electron chi connectivity index (χ4n) is 2.16. The maximum Gasteiger partial charge on any atom is 0.238 e. The molecule has 0 aliphatic carbocycles. The normalized spacial score (nSPS) is 19.0. The molecule has 1 N–H and O–H groups in total. The van der Waals surface area contributed by atoms with E-state index < -0.39 is 15.6 Å². The Morgan fingerprint density at radius 1 is 1.48 bits per heavy atom. The molecule has 1 unspecified atom stereocenters. The molecule has 1 fully saturated rings. The lowest BCUT2D eigenvalue weighted by Gasteiger charge is -2.31. The Morgan fingerprint density at radius 2 is 2.19 bits per heavy atom. The lowest BCUT2D eigenvalue weighted by atomic mass is 10.2. The van der Waals surface area contributed by atoms with Crippen molar-refractivity contribution in [2.75, 3.05) is 25.4 Å². The van der Waals surface area contributed by atoms with E-state index in [1.165, 1.54) is 12.1 Å². The number of amides is 1. The number of hydrogen-bond acceptors (Lipinski definition) is 4. The quantitative estimate of drug-likeness (QED) is 0.839. The fraction of sp³-hybridized carbons (Fsp3) is 0.462. The van der Waals surface area contributed by atoms with Gasteiger partial charge in [-0.3, -0.25) is 4.79 Å². The summed E-state index contributed by atoms with van der Waals surface area (Å²) in [4.78, 5) is 13.9. The van der Waals surface area contributed by atoms with Gasteiger partial charge in [0, 0.05) is 30.1 Å². The number of halogens is 2. The van der Waals surface area contributed by atoms with Crippen molar-refractivity contribution in [2.24, 2.45) is 0 Å². The average Bonchev–Trinajstić information content (AvgIpc) is 2.38. The van der Waals surface area contributed by atoms with Crippen LogP contribution < -0.4 is 5.32 Å². The van der Waals surface area contributed by atoms with Crippen LogP contribution in [0.5, 0.6) is 0 Å². The molecule has 21 heavy (non-hydrogen) atoms. The molecule has 8 heteroatoms. The summed E-state index contributed by atoms with van der Waals surface area (Å²) in [5.41, 5.74) is 0. The standard InChI is InChI=1S/C13H17BrN2O3S.ClH/c1-10-8-16(6-5-15-10)13(17)9-20(18,19)12-4-2-3-11(14)7-12;/h2-4,7,10,15H,5-6,8-9H2,1H3;1H. The molecule has 1 aliphatic heterocycles. The van der Waals surface area contributed by atoms with Crippen LogP contribution in [0.4, 0.5) is 0 Å². The zero-order chi connectivity index (χ0) is 14.8. The van der Waals surface area contributed by atoms with Crippen LogP contribution in [0.25, 0.3) is 0 Å². The average molecular weight is 398 g/mol. The highest BCUT2D eigenvalue weighted by Crippen LogP contribution is 2.17. The van der Waals surface area contributed by atoms with E-state index >= 15 is 0 Å². The number of hydrogen-bond donors (Lipinski definition) is 1. The highest BCUT2D eigenvalue weighted by Gasteiger charge is 2.26.